The first kappa shape index (κ1) is 20.0. The summed E-state index contributed by atoms with van der Waals surface area (Å²) in [6, 6.07) is 14.3. The van der Waals surface area contributed by atoms with Gasteiger partial charge in [-0.05, 0) is 61.2 Å². The number of piperidine rings is 1. The largest absolute Gasteiger partial charge is 0.326 e. The Morgan fingerprint density at radius 1 is 0.963 bits per heavy atom. The molecule has 2 aromatic rings. The highest BCUT2D eigenvalue weighted by Gasteiger charge is 2.25. The molecule has 27 heavy (non-hydrogen) atoms. The summed E-state index contributed by atoms with van der Waals surface area (Å²) in [6.07, 6.45) is 3.84. The summed E-state index contributed by atoms with van der Waals surface area (Å²) in [5.74, 6) is -0.0673. The van der Waals surface area contributed by atoms with Crippen LogP contribution in [0, 0.1) is 0 Å². The molecule has 144 valence electrons. The zero-order valence-corrected chi connectivity index (χ0v) is 17.4. The van der Waals surface area contributed by atoms with Gasteiger partial charge < -0.3 is 5.32 Å². The number of nitrogens with zero attached hydrogens (tertiary/aromatic N) is 1. The van der Waals surface area contributed by atoms with Gasteiger partial charge >= 0.3 is 0 Å². The Labute approximate surface area is 169 Å². The highest BCUT2D eigenvalue weighted by Crippen LogP contribution is 2.21. The van der Waals surface area contributed by atoms with E-state index in [9.17, 15) is 13.2 Å². The van der Waals surface area contributed by atoms with E-state index >= 15 is 0 Å². The van der Waals surface area contributed by atoms with Crippen LogP contribution in [0.25, 0.3) is 0 Å². The van der Waals surface area contributed by atoms with Gasteiger partial charge in [-0.25, -0.2) is 8.42 Å². The molecule has 5 nitrogen and oxygen atoms in total. The molecule has 1 heterocycles. The smallest absolute Gasteiger partial charge is 0.243 e. The molecule has 0 aliphatic carbocycles. The maximum atomic E-state index is 12.7. The Kier molecular flexibility index (Phi) is 6.68. The van der Waals surface area contributed by atoms with Crippen molar-refractivity contribution in [3.8, 4) is 0 Å². The van der Waals surface area contributed by atoms with Gasteiger partial charge in [0, 0.05) is 29.7 Å². The Hall–Kier alpha value is -1.70. The second-order valence-corrected chi connectivity index (χ2v) is 9.52. The molecule has 0 bridgehead atoms. The van der Waals surface area contributed by atoms with Crippen LogP contribution < -0.4 is 5.32 Å². The molecule has 0 saturated carbocycles. The number of amides is 1. The standard InChI is InChI=1S/C20H23BrN2O3S/c21-17-7-9-18(10-8-17)22-20(24)13-6-16-4-11-19(12-5-16)27(25,26)23-14-2-1-3-15-23/h4-5,7-12H,1-3,6,13-15H2,(H,22,24). The van der Waals surface area contributed by atoms with Crippen LogP contribution >= 0.6 is 15.9 Å². The fraction of sp³-hybridized carbons (Fsp3) is 0.350. The first-order valence-corrected chi connectivity index (χ1v) is 11.3. The minimum absolute atomic E-state index is 0.0673. The van der Waals surface area contributed by atoms with Crippen molar-refractivity contribution in [3.05, 3.63) is 58.6 Å². The van der Waals surface area contributed by atoms with Crippen LogP contribution in [0.5, 0.6) is 0 Å². The van der Waals surface area contributed by atoms with E-state index < -0.39 is 10.0 Å². The molecule has 1 aliphatic heterocycles. The van der Waals surface area contributed by atoms with Gasteiger partial charge in [0.25, 0.3) is 0 Å². The van der Waals surface area contributed by atoms with Gasteiger partial charge in [-0.3, -0.25) is 4.79 Å². The van der Waals surface area contributed by atoms with Gasteiger partial charge in [0.1, 0.15) is 0 Å². The summed E-state index contributed by atoms with van der Waals surface area (Å²) in [7, 11) is -3.40. The van der Waals surface area contributed by atoms with E-state index in [2.05, 4.69) is 21.2 Å². The average Bonchev–Trinajstić information content (AvgIpc) is 2.69. The summed E-state index contributed by atoms with van der Waals surface area (Å²) < 4.78 is 27.8. The van der Waals surface area contributed by atoms with Crippen LogP contribution in [0.3, 0.4) is 0 Å². The molecule has 1 amide bonds. The molecule has 0 radical (unpaired) electrons. The van der Waals surface area contributed by atoms with Crippen molar-refractivity contribution in [1.82, 2.24) is 4.31 Å². The fourth-order valence-electron chi connectivity index (χ4n) is 3.10. The van der Waals surface area contributed by atoms with E-state index in [0.29, 0.717) is 30.8 Å². The molecule has 3 rings (SSSR count). The lowest BCUT2D eigenvalue weighted by atomic mass is 10.1. The number of nitrogens with one attached hydrogen (secondary N) is 1. The van der Waals surface area contributed by atoms with Crippen LogP contribution in [0.1, 0.15) is 31.2 Å². The van der Waals surface area contributed by atoms with Crippen LogP contribution in [-0.4, -0.2) is 31.7 Å². The number of rotatable bonds is 6. The number of hydrogen-bond acceptors (Lipinski definition) is 3. The Balaban J connectivity index is 1.55. The lowest BCUT2D eigenvalue weighted by Crippen LogP contribution is -2.35. The van der Waals surface area contributed by atoms with E-state index in [4.69, 9.17) is 0 Å². The highest BCUT2D eigenvalue weighted by atomic mass is 79.9. The number of carbonyl (C=O) groups is 1. The topological polar surface area (TPSA) is 66.5 Å². The van der Waals surface area contributed by atoms with Crippen molar-refractivity contribution in [2.24, 2.45) is 0 Å². The maximum absolute atomic E-state index is 12.7. The van der Waals surface area contributed by atoms with Crippen molar-refractivity contribution >= 4 is 37.5 Å². The lowest BCUT2D eigenvalue weighted by molar-refractivity contribution is -0.116. The summed E-state index contributed by atoms with van der Waals surface area (Å²) >= 11 is 3.36. The molecule has 1 fully saturated rings. The number of carbonyl (C=O) groups excluding carboxylic acids is 1. The molecular weight excluding hydrogens is 428 g/mol. The normalized spacial score (nSPS) is 15.4. The van der Waals surface area contributed by atoms with Gasteiger partial charge in [0.15, 0.2) is 0 Å². The van der Waals surface area contributed by atoms with Gasteiger partial charge in [-0.15, -0.1) is 0 Å². The van der Waals surface area contributed by atoms with Crippen molar-refractivity contribution < 1.29 is 13.2 Å². The molecular formula is C20H23BrN2O3S. The molecule has 0 aromatic heterocycles. The van der Waals surface area contributed by atoms with Crippen LogP contribution in [0.15, 0.2) is 57.9 Å². The predicted molar refractivity (Wildman–Crippen MR) is 110 cm³/mol. The van der Waals surface area contributed by atoms with Crippen molar-refractivity contribution in [1.29, 1.82) is 0 Å². The first-order valence-electron chi connectivity index (χ1n) is 9.10. The number of aryl methyl sites for hydroxylation is 1. The quantitative estimate of drug-likeness (QED) is 0.716. The van der Waals surface area contributed by atoms with Gasteiger partial charge in [0.05, 0.1) is 4.90 Å². The van der Waals surface area contributed by atoms with E-state index in [1.807, 2.05) is 24.3 Å². The van der Waals surface area contributed by atoms with Crippen molar-refractivity contribution in [2.45, 2.75) is 37.0 Å². The minimum Gasteiger partial charge on any atom is -0.326 e. The molecule has 0 atom stereocenters. The molecule has 0 spiro atoms. The number of halogens is 1. The van der Waals surface area contributed by atoms with Crippen molar-refractivity contribution in [2.75, 3.05) is 18.4 Å². The third-order valence-electron chi connectivity index (χ3n) is 4.64. The molecule has 7 heteroatoms. The number of sulfonamides is 1. The second-order valence-electron chi connectivity index (χ2n) is 6.66. The van der Waals surface area contributed by atoms with Crippen LogP contribution in [0.4, 0.5) is 5.69 Å². The summed E-state index contributed by atoms with van der Waals surface area (Å²) in [4.78, 5) is 12.4. The third-order valence-corrected chi connectivity index (χ3v) is 7.09. The van der Waals surface area contributed by atoms with E-state index in [1.54, 1.807) is 28.6 Å². The average molecular weight is 451 g/mol. The zero-order valence-electron chi connectivity index (χ0n) is 15.0. The fourth-order valence-corrected chi connectivity index (χ4v) is 4.88. The lowest BCUT2D eigenvalue weighted by Gasteiger charge is -2.25. The molecule has 1 saturated heterocycles. The van der Waals surface area contributed by atoms with E-state index in [0.717, 1.165) is 35.0 Å². The van der Waals surface area contributed by atoms with E-state index in [1.165, 1.54) is 0 Å². The Morgan fingerprint density at radius 2 is 1.59 bits per heavy atom. The molecule has 1 N–H and O–H groups in total. The number of benzene rings is 2. The maximum Gasteiger partial charge on any atom is 0.243 e. The summed E-state index contributed by atoms with van der Waals surface area (Å²) in [5.41, 5.74) is 1.70. The zero-order chi connectivity index (χ0) is 19.3. The highest BCUT2D eigenvalue weighted by molar-refractivity contribution is 9.10. The van der Waals surface area contributed by atoms with Crippen LogP contribution in [0.2, 0.25) is 0 Å². The van der Waals surface area contributed by atoms with Crippen molar-refractivity contribution in [3.63, 3.8) is 0 Å². The van der Waals surface area contributed by atoms with Gasteiger partial charge in [-0.2, -0.15) is 4.31 Å². The van der Waals surface area contributed by atoms with E-state index in [-0.39, 0.29) is 5.91 Å². The number of anilines is 1. The summed E-state index contributed by atoms with van der Waals surface area (Å²) in [6.45, 7) is 1.20. The molecule has 1 aliphatic rings. The van der Waals surface area contributed by atoms with Gasteiger partial charge in [0.2, 0.25) is 15.9 Å². The molecule has 2 aromatic carbocycles. The SMILES string of the molecule is O=C(CCc1ccc(S(=O)(=O)N2CCCCC2)cc1)Nc1ccc(Br)cc1. The second kappa shape index (κ2) is 8.99. The first-order chi connectivity index (χ1) is 12.9. The Bertz CT molecular complexity index is 874. The third kappa shape index (κ3) is 5.40. The monoisotopic (exact) mass is 450 g/mol. The minimum atomic E-state index is -3.40. The number of hydrogen-bond donors (Lipinski definition) is 1. The predicted octanol–water partition coefficient (Wildman–Crippen LogP) is 4.20. The Morgan fingerprint density at radius 3 is 2.22 bits per heavy atom. The molecule has 0 unspecified atom stereocenters. The van der Waals surface area contributed by atoms with Gasteiger partial charge in [-0.1, -0.05) is 34.5 Å². The summed E-state index contributed by atoms with van der Waals surface area (Å²) in [5, 5.41) is 2.86. The van der Waals surface area contributed by atoms with Crippen LogP contribution in [-0.2, 0) is 21.2 Å².